The summed E-state index contributed by atoms with van der Waals surface area (Å²) in [6, 6.07) is 3.80. The molecule has 0 saturated heterocycles. The molecule has 2 rings (SSSR count). The smallest absolute Gasteiger partial charge is 0.130 e. The van der Waals surface area contributed by atoms with E-state index in [-0.39, 0.29) is 0 Å². The van der Waals surface area contributed by atoms with Crippen LogP contribution in [-0.4, -0.2) is 19.9 Å². The molecule has 19 heavy (non-hydrogen) atoms. The van der Waals surface area contributed by atoms with Crippen LogP contribution in [0.15, 0.2) is 12.1 Å². The van der Waals surface area contributed by atoms with Crippen molar-refractivity contribution in [2.75, 3.05) is 0 Å². The van der Waals surface area contributed by atoms with Crippen LogP contribution < -0.4 is 0 Å². The van der Waals surface area contributed by atoms with Crippen molar-refractivity contribution < 1.29 is 5.11 Å². The number of aromatic nitrogens is 3. The predicted molar refractivity (Wildman–Crippen MR) is 75.3 cm³/mol. The lowest BCUT2D eigenvalue weighted by molar-refractivity contribution is 0.178. The Morgan fingerprint density at radius 2 is 1.84 bits per heavy atom. The Labute approximate surface area is 118 Å². The molecule has 1 atom stereocenters. The van der Waals surface area contributed by atoms with E-state index >= 15 is 0 Å². The maximum Gasteiger partial charge on any atom is 0.130 e. The zero-order valence-corrected chi connectivity index (χ0v) is 12.4. The molecule has 0 aromatic carbocycles. The Kier molecular flexibility index (Phi) is 3.92. The van der Waals surface area contributed by atoms with Gasteiger partial charge in [-0.15, -0.1) is 0 Å². The van der Waals surface area contributed by atoms with Gasteiger partial charge in [-0.25, -0.2) is 0 Å². The van der Waals surface area contributed by atoms with E-state index in [4.69, 9.17) is 11.6 Å². The molecule has 0 fully saturated rings. The molecule has 0 aliphatic heterocycles. The molecular formula is C14H18ClN3O. The third-order valence-electron chi connectivity index (χ3n) is 3.16. The standard InChI is InChI=1S/C14H18ClN3O/c1-8-5-11(6-9(2)16-8)13(19)7-12-10(3)17-18(4)14(12)15/h5-6,13,19H,7H2,1-4H3. The largest absolute Gasteiger partial charge is 0.388 e. The third-order valence-corrected chi connectivity index (χ3v) is 3.63. The first-order chi connectivity index (χ1) is 8.88. The fourth-order valence-corrected chi connectivity index (χ4v) is 2.53. The van der Waals surface area contributed by atoms with E-state index in [2.05, 4.69) is 10.1 Å². The van der Waals surface area contributed by atoms with Crippen LogP contribution in [0.1, 0.15) is 34.3 Å². The van der Waals surface area contributed by atoms with Gasteiger partial charge >= 0.3 is 0 Å². The second-order valence-electron chi connectivity index (χ2n) is 4.88. The summed E-state index contributed by atoms with van der Waals surface area (Å²) in [5.41, 5.74) is 4.42. The van der Waals surface area contributed by atoms with E-state index in [0.717, 1.165) is 28.2 Å². The van der Waals surface area contributed by atoms with Gasteiger partial charge in [0.15, 0.2) is 0 Å². The zero-order chi connectivity index (χ0) is 14.2. The van der Waals surface area contributed by atoms with E-state index in [9.17, 15) is 5.11 Å². The summed E-state index contributed by atoms with van der Waals surface area (Å²) >= 11 is 6.19. The molecule has 1 unspecified atom stereocenters. The minimum Gasteiger partial charge on any atom is -0.388 e. The van der Waals surface area contributed by atoms with E-state index in [1.807, 2.05) is 32.9 Å². The van der Waals surface area contributed by atoms with Crippen molar-refractivity contribution in [1.29, 1.82) is 0 Å². The molecular weight excluding hydrogens is 262 g/mol. The van der Waals surface area contributed by atoms with Crippen LogP contribution >= 0.6 is 11.6 Å². The third kappa shape index (κ3) is 2.96. The molecule has 102 valence electrons. The molecule has 2 aromatic rings. The van der Waals surface area contributed by atoms with Gasteiger partial charge in [0.1, 0.15) is 5.15 Å². The fraction of sp³-hybridized carbons (Fsp3) is 0.429. The number of aliphatic hydroxyl groups is 1. The summed E-state index contributed by atoms with van der Waals surface area (Å²) < 4.78 is 1.63. The highest BCUT2D eigenvalue weighted by Crippen LogP contribution is 2.26. The van der Waals surface area contributed by atoms with Crippen LogP contribution in [0, 0.1) is 20.8 Å². The average Bonchev–Trinajstić information content (AvgIpc) is 2.54. The Hall–Kier alpha value is -1.39. The van der Waals surface area contributed by atoms with E-state index in [1.165, 1.54) is 0 Å². The molecule has 4 nitrogen and oxygen atoms in total. The van der Waals surface area contributed by atoms with Gasteiger partial charge in [0.2, 0.25) is 0 Å². The van der Waals surface area contributed by atoms with Crippen molar-refractivity contribution in [1.82, 2.24) is 14.8 Å². The van der Waals surface area contributed by atoms with E-state index < -0.39 is 6.10 Å². The van der Waals surface area contributed by atoms with Crippen molar-refractivity contribution in [3.05, 3.63) is 45.5 Å². The first-order valence-corrected chi connectivity index (χ1v) is 6.57. The molecule has 0 aliphatic rings. The van der Waals surface area contributed by atoms with Gasteiger partial charge in [-0.3, -0.25) is 9.67 Å². The summed E-state index contributed by atoms with van der Waals surface area (Å²) in [6.07, 6.45) is -0.137. The number of nitrogens with zero attached hydrogens (tertiary/aromatic N) is 3. The first-order valence-electron chi connectivity index (χ1n) is 6.19. The van der Waals surface area contributed by atoms with Gasteiger partial charge in [-0.1, -0.05) is 11.6 Å². The van der Waals surface area contributed by atoms with Crippen molar-refractivity contribution in [2.45, 2.75) is 33.3 Å². The highest BCUT2D eigenvalue weighted by Gasteiger charge is 2.17. The van der Waals surface area contributed by atoms with E-state index in [0.29, 0.717) is 11.6 Å². The van der Waals surface area contributed by atoms with Crippen LogP contribution in [0.3, 0.4) is 0 Å². The van der Waals surface area contributed by atoms with Gasteiger partial charge in [-0.05, 0) is 38.5 Å². The Balaban J connectivity index is 2.27. The Morgan fingerprint density at radius 3 is 2.32 bits per heavy atom. The number of rotatable bonds is 3. The van der Waals surface area contributed by atoms with Crippen LogP contribution in [0.25, 0.3) is 0 Å². The second-order valence-corrected chi connectivity index (χ2v) is 5.24. The number of pyridine rings is 1. The quantitative estimate of drug-likeness (QED) is 0.940. The van der Waals surface area contributed by atoms with Crippen LogP contribution in [0.4, 0.5) is 0 Å². The maximum absolute atomic E-state index is 10.4. The van der Waals surface area contributed by atoms with Crippen LogP contribution in [-0.2, 0) is 13.5 Å². The number of hydrogen-bond acceptors (Lipinski definition) is 3. The van der Waals surface area contributed by atoms with Gasteiger partial charge in [0.05, 0.1) is 11.8 Å². The Bertz CT molecular complexity index is 587. The first kappa shape index (κ1) is 14.0. The van der Waals surface area contributed by atoms with Crippen molar-refractivity contribution in [3.63, 3.8) is 0 Å². The molecule has 0 saturated carbocycles. The van der Waals surface area contributed by atoms with Crippen molar-refractivity contribution in [3.8, 4) is 0 Å². The predicted octanol–water partition coefficient (Wildman–Crippen LogP) is 2.67. The van der Waals surface area contributed by atoms with Gasteiger partial charge in [0, 0.05) is 30.4 Å². The Morgan fingerprint density at radius 1 is 1.26 bits per heavy atom. The zero-order valence-electron chi connectivity index (χ0n) is 11.6. The summed E-state index contributed by atoms with van der Waals surface area (Å²) in [7, 11) is 1.80. The topological polar surface area (TPSA) is 50.9 Å². The van der Waals surface area contributed by atoms with Crippen molar-refractivity contribution in [2.24, 2.45) is 7.05 Å². The molecule has 0 amide bonds. The lowest BCUT2D eigenvalue weighted by atomic mass is 10.0. The lowest BCUT2D eigenvalue weighted by Crippen LogP contribution is -2.04. The highest BCUT2D eigenvalue weighted by molar-refractivity contribution is 6.30. The average molecular weight is 280 g/mol. The monoisotopic (exact) mass is 279 g/mol. The lowest BCUT2D eigenvalue weighted by Gasteiger charge is -2.12. The fourth-order valence-electron chi connectivity index (χ4n) is 2.28. The van der Waals surface area contributed by atoms with Crippen LogP contribution in [0.5, 0.6) is 0 Å². The number of hydrogen-bond donors (Lipinski definition) is 1. The molecule has 2 heterocycles. The minimum atomic E-state index is -0.596. The van der Waals surface area contributed by atoms with Crippen LogP contribution in [0.2, 0.25) is 5.15 Å². The molecule has 0 bridgehead atoms. The molecule has 5 heteroatoms. The second kappa shape index (κ2) is 5.31. The minimum absolute atomic E-state index is 0.460. The van der Waals surface area contributed by atoms with Gasteiger partial charge < -0.3 is 5.11 Å². The normalized spacial score (nSPS) is 12.7. The summed E-state index contributed by atoms with van der Waals surface area (Å²) in [5, 5.41) is 15.2. The summed E-state index contributed by atoms with van der Waals surface area (Å²) in [5.74, 6) is 0. The summed E-state index contributed by atoms with van der Waals surface area (Å²) in [4.78, 5) is 4.31. The SMILES string of the molecule is Cc1cc(C(O)Cc2c(C)nn(C)c2Cl)cc(C)n1. The maximum atomic E-state index is 10.4. The van der Waals surface area contributed by atoms with E-state index in [1.54, 1.807) is 11.7 Å². The molecule has 0 aliphatic carbocycles. The summed E-state index contributed by atoms with van der Waals surface area (Å²) in [6.45, 7) is 5.74. The molecule has 0 spiro atoms. The number of aryl methyl sites for hydroxylation is 4. The van der Waals surface area contributed by atoms with Gasteiger partial charge in [0.25, 0.3) is 0 Å². The highest BCUT2D eigenvalue weighted by atomic mass is 35.5. The number of halogens is 1. The number of aliphatic hydroxyl groups excluding tert-OH is 1. The molecule has 2 aromatic heterocycles. The van der Waals surface area contributed by atoms with Crippen molar-refractivity contribution >= 4 is 11.6 Å². The molecule has 0 radical (unpaired) electrons. The molecule has 1 N–H and O–H groups in total. The van der Waals surface area contributed by atoms with Gasteiger partial charge in [-0.2, -0.15) is 5.10 Å².